The number of hydrogen-bond acceptors (Lipinski definition) is 4. The molecule has 0 unspecified atom stereocenters. The molecule has 0 saturated heterocycles. The van der Waals surface area contributed by atoms with Crippen LogP contribution in [0.3, 0.4) is 0 Å². The van der Waals surface area contributed by atoms with Gasteiger partial charge in [-0.15, -0.1) is 13.2 Å². The van der Waals surface area contributed by atoms with Gasteiger partial charge in [0, 0.05) is 5.56 Å². The van der Waals surface area contributed by atoms with Crippen LogP contribution in [0.2, 0.25) is 0 Å². The number of halogens is 3. The zero-order valence-corrected chi connectivity index (χ0v) is 11.0. The third-order valence-electron chi connectivity index (χ3n) is 2.53. The van der Waals surface area contributed by atoms with Crippen LogP contribution < -0.4 is 4.74 Å². The number of benzene rings is 1. The zero-order valence-electron chi connectivity index (χ0n) is 10.2. The van der Waals surface area contributed by atoms with Gasteiger partial charge in [0.2, 0.25) is 4.96 Å². The number of nitrogens with zero attached hydrogens (tertiary/aromatic N) is 3. The lowest BCUT2D eigenvalue weighted by Gasteiger charge is -2.08. The van der Waals surface area contributed by atoms with Crippen molar-refractivity contribution >= 4 is 16.3 Å². The lowest BCUT2D eigenvalue weighted by Crippen LogP contribution is -2.16. The van der Waals surface area contributed by atoms with Gasteiger partial charge in [0.05, 0.1) is 11.9 Å². The first-order valence-electron chi connectivity index (χ1n) is 5.60. The van der Waals surface area contributed by atoms with Crippen molar-refractivity contribution in [1.29, 1.82) is 0 Å². The monoisotopic (exact) mass is 299 g/mol. The minimum atomic E-state index is -4.68. The topological polar surface area (TPSA) is 39.4 Å². The molecule has 8 heteroatoms. The van der Waals surface area contributed by atoms with Crippen LogP contribution in [-0.2, 0) is 0 Å². The van der Waals surface area contributed by atoms with Crippen LogP contribution in [0, 0.1) is 6.92 Å². The van der Waals surface area contributed by atoms with E-state index in [-0.39, 0.29) is 5.75 Å². The maximum atomic E-state index is 12.1. The smallest absolute Gasteiger partial charge is 0.406 e. The normalized spacial score (nSPS) is 12.0. The van der Waals surface area contributed by atoms with Gasteiger partial charge in [0.1, 0.15) is 10.8 Å². The number of alkyl halides is 3. The minimum Gasteiger partial charge on any atom is -0.406 e. The molecule has 2 aromatic heterocycles. The van der Waals surface area contributed by atoms with Crippen LogP contribution >= 0.6 is 11.3 Å². The Balaban J connectivity index is 1.88. The Morgan fingerprint density at radius 2 is 1.90 bits per heavy atom. The van der Waals surface area contributed by atoms with Crippen LogP contribution in [0.1, 0.15) is 5.01 Å². The lowest BCUT2D eigenvalue weighted by atomic mass is 10.2. The second-order valence-corrected chi connectivity index (χ2v) is 5.21. The Kier molecular flexibility index (Phi) is 2.89. The molecule has 0 saturated carbocycles. The van der Waals surface area contributed by atoms with Crippen molar-refractivity contribution in [1.82, 2.24) is 14.6 Å². The summed E-state index contributed by atoms with van der Waals surface area (Å²) in [7, 11) is 0. The largest absolute Gasteiger partial charge is 0.573 e. The molecule has 104 valence electrons. The van der Waals surface area contributed by atoms with Gasteiger partial charge in [-0.2, -0.15) is 5.10 Å². The minimum absolute atomic E-state index is 0.253. The number of hydrogen-bond donors (Lipinski definition) is 0. The van der Waals surface area contributed by atoms with E-state index in [1.165, 1.54) is 35.6 Å². The van der Waals surface area contributed by atoms with Crippen molar-refractivity contribution < 1.29 is 17.9 Å². The first-order valence-corrected chi connectivity index (χ1v) is 6.41. The fourth-order valence-corrected chi connectivity index (χ4v) is 2.49. The van der Waals surface area contributed by atoms with Crippen LogP contribution in [-0.4, -0.2) is 21.0 Å². The standard InChI is InChI=1S/C12H8F3N3OS/c1-7-17-18-6-10(16-11(18)20-7)8-2-4-9(5-3-8)19-12(13,14)15/h2-6H,1H3. The highest BCUT2D eigenvalue weighted by Gasteiger charge is 2.30. The molecular weight excluding hydrogens is 291 g/mol. The molecular formula is C12H8F3N3OS. The number of aromatic nitrogens is 3. The Labute approximate surface area is 115 Å². The number of rotatable bonds is 2. The van der Waals surface area contributed by atoms with Crippen LogP contribution in [0.5, 0.6) is 5.75 Å². The molecule has 0 aliphatic heterocycles. The summed E-state index contributed by atoms with van der Waals surface area (Å²) in [5.41, 5.74) is 1.36. The molecule has 3 aromatic rings. The van der Waals surface area contributed by atoms with Crippen molar-refractivity contribution in [2.24, 2.45) is 0 Å². The van der Waals surface area contributed by atoms with E-state index in [0.717, 1.165) is 9.97 Å². The number of fused-ring (bicyclic) bond motifs is 1. The quantitative estimate of drug-likeness (QED) is 0.725. The highest BCUT2D eigenvalue weighted by molar-refractivity contribution is 7.16. The number of ether oxygens (including phenoxy) is 1. The van der Waals surface area contributed by atoms with Crippen LogP contribution in [0.15, 0.2) is 30.5 Å². The summed E-state index contributed by atoms with van der Waals surface area (Å²) in [6.45, 7) is 1.88. The summed E-state index contributed by atoms with van der Waals surface area (Å²) in [6.07, 6.45) is -2.95. The van der Waals surface area contributed by atoms with Gasteiger partial charge in [-0.3, -0.25) is 0 Å². The van der Waals surface area contributed by atoms with E-state index in [1.54, 1.807) is 10.7 Å². The van der Waals surface area contributed by atoms with E-state index in [0.29, 0.717) is 11.3 Å². The second-order valence-electron chi connectivity index (χ2n) is 4.05. The average molecular weight is 299 g/mol. The van der Waals surface area contributed by atoms with Crippen LogP contribution in [0.4, 0.5) is 13.2 Å². The molecule has 0 spiro atoms. The molecule has 0 radical (unpaired) electrons. The molecule has 0 aliphatic carbocycles. The van der Waals surface area contributed by atoms with Gasteiger partial charge in [-0.05, 0) is 31.2 Å². The summed E-state index contributed by atoms with van der Waals surface area (Å²) < 4.78 is 41.6. The third kappa shape index (κ3) is 2.60. The van der Waals surface area contributed by atoms with Gasteiger partial charge in [-0.25, -0.2) is 9.50 Å². The predicted molar refractivity (Wildman–Crippen MR) is 67.7 cm³/mol. The van der Waals surface area contributed by atoms with Crippen molar-refractivity contribution in [3.05, 3.63) is 35.5 Å². The van der Waals surface area contributed by atoms with Crippen molar-refractivity contribution in [2.45, 2.75) is 13.3 Å². The Bertz CT molecular complexity index is 714. The van der Waals surface area contributed by atoms with Crippen LogP contribution in [0.25, 0.3) is 16.2 Å². The molecule has 1 aromatic carbocycles. The lowest BCUT2D eigenvalue weighted by molar-refractivity contribution is -0.274. The van der Waals surface area contributed by atoms with E-state index in [1.807, 2.05) is 6.92 Å². The first-order chi connectivity index (χ1) is 9.40. The molecule has 0 fully saturated rings. The maximum absolute atomic E-state index is 12.1. The predicted octanol–water partition coefficient (Wildman–Crippen LogP) is 3.66. The van der Waals surface area contributed by atoms with E-state index in [2.05, 4.69) is 14.8 Å². The number of aryl methyl sites for hydroxylation is 1. The molecule has 0 N–H and O–H groups in total. The Hall–Kier alpha value is -2.09. The number of imidazole rings is 1. The SMILES string of the molecule is Cc1nn2cc(-c3ccc(OC(F)(F)F)cc3)nc2s1. The van der Waals surface area contributed by atoms with E-state index >= 15 is 0 Å². The Morgan fingerprint density at radius 1 is 1.20 bits per heavy atom. The summed E-state index contributed by atoms with van der Waals surface area (Å²) in [6, 6.07) is 5.57. The third-order valence-corrected chi connectivity index (χ3v) is 3.37. The van der Waals surface area contributed by atoms with Gasteiger partial charge in [-0.1, -0.05) is 11.3 Å². The van der Waals surface area contributed by atoms with Gasteiger partial charge in [0.25, 0.3) is 0 Å². The summed E-state index contributed by atoms with van der Waals surface area (Å²) in [5.74, 6) is -0.253. The van der Waals surface area contributed by atoms with E-state index in [9.17, 15) is 13.2 Å². The molecule has 0 aliphatic rings. The second kappa shape index (κ2) is 4.48. The molecule has 20 heavy (non-hydrogen) atoms. The summed E-state index contributed by atoms with van der Waals surface area (Å²) in [5, 5.41) is 5.12. The van der Waals surface area contributed by atoms with Gasteiger partial charge >= 0.3 is 6.36 Å². The van der Waals surface area contributed by atoms with Gasteiger partial charge < -0.3 is 4.74 Å². The molecule has 2 heterocycles. The van der Waals surface area contributed by atoms with Crippen molar-refractivity contribution in [2.75, 3.05) is 0 Å². The summed E-state index contributed by atoms with van der Waals surface area (Å²) in [4.78, 5) is 5.11. The molecule has 0 atom stereocenters. The maximum Gasteiger partial charge on any atom is 0.573 e. The van der Waals surface area contributed by atoms with Crippen molar-refractivity contribution in [3.8, 4) is 17.0 Å². The highest BCUT2D eigenvalue weighted by Crippen LogP contribution is 2.27. The molecule has 0 amide bonds. The van der Waals surface area contributed by atoms with E-state index < -0.39 is 6.36 Å². The molecule has 3 rings (SSSR count). The first kappa shape index (κ1) is 12.9. The van der Waals surface area contributed by atoms with Gasteiger partial charge in [0.15, 0.2) is 0 Å². The zero-order chi connectivity index (χ0) is 14.3. The summed E-state index contributed by atoms with van der Waals surface area (Å²) >= 11 is 1.45. The van der Waals surface area contributed by atoms with E-state index in [4.69, 9.17) is 0 Å². The average Bonchev–Trinajstić information content (AvgIpc) is 2.84. The van der Waals surface area contributed by atoms with Crippen molar-refractivity contribution in [3.63, 3.8) is 0 Å². The Morgan fingerprint density at radius 3 is 2.50 bits per heavy atom. The fourth-order valence-electron chi connectivity index (χ4n) is 1.77. The molecule has 4 nitrogen and oxygen atoms in total. The fraction of sp³-hybridized carbons (Fsp3) is 0.167. The molecule has 0 bridgehead atoms. The highest BCUT2D eigenvalue weighted by atomic mass is 32.1.